The summed E-state index contributed by atoms with van der Waals surface area (Å²) in [5.74, 6) is -2.00. The monoisotopic (exact) mass is 714 g/mol. The summed E-state index contributed by atoms with van der Waals surface area (Å²) in [6.07, 6.45) is -15.1. The molecule has 0 aromatic heterocycles. The minimum atomic E-state index is -5.05. The summed E-state index contributed by atoms with van der Waals surface area (Å²) in [4.78, 5) is 37.9. The molecular formula is C32H35F9N2O6. The maximum atomic E-state index is 13.6. The van der Waals surface area contributed by atoms with Gasteiger partial charge in [0.2, 0.25) is 5.91 Å². The number of carboxylic acid groups (broad SMARTS) is 1. The predicted octanol–water partition coefficient (Wildman–Crippen LogP) is 8.81. The van der Waals surface area contributed by atoms with E-state index in [1.807, 2.05) is 0 Å². The van der Waals surface area contributed by atoms with E-state index in [0.717, 1.165) is 49.3 Å². The second-order valence-electron chi connectivity index (χ2n) is 11.7. The highest BCUT2D eigenvalue weighted by atomic mass is 19.4. The molecule has 2 aromatic carbocycles. The van der Waals surface area contributed by atoms with Gasteiger partial charge in [-0.3, -0.25) is 14.5 Å². The molecule has 2 aliphatic rings. The van der Waals surface area contributed by atoms with Gasteiger partial charge in [0, 0.05) is 25.1 Å². The van der Waals surface area contributed by atoms with Gasteiger partial charge < -0.3 is 19.5 Å². The molecule has 1 aliphatic heterocycles. The van der Waals surface area contributed by atoms with E-state index in [1.54, 1.807) is 6.92 Å². The van der Waals surface area contributed by atoms with Gasteiger partial charge in [-0.1, -0.05) is 25.3 Å². The van der Waals surface area contributed by atoms with E-state index in [1.165, 1.54) is 17.9 Å². The zero-order valence-corrected chi connectivity index (χ0v) is 26.6. The molecule has 1 saturated heterocycles. The summed E-state index contributed by atoms with van der Waals surface area (Å²) in [5.41, 5.74) is -2.11. The molecule has 1 heterocycles. The third-order valence-corrected chi connectivity index (χ3v) is 7.92. The lowest BCUT2D eigenvalue weighted by Gasteiger charge is -2.31. The van der Waals surface area contributed by atoms with Crippen LogP contribution < -0.4 is 9.64 Å². The number of hydrogen-bond donors (Lipinski definition) is 1. The number of benzene rings is 2. The van der Waals surface area contributed by atoms with Crippen LogP contribution in [0.1, 0.15) is 81.2 Å². The second kappa shape index (κ2) is 15.6. The third kappa shape index (κ3) is 11.2. The van der Waals surface area contributed by atoms with Gasteiger partial charge in [-0.15, -0.1) is 13.2 Å². The van der Waals surface area contributed by atoms with Crippen molar-refractivity contribution in [2.45, 2.75) is 96.7 Å². The van der Waals surface area contributed by atoms with E-state index in [9.17, 15) is 49.1 Å². The lowest BCUT2D eigenvalue weighted by Crippen LogP contribution is -2.38. The van der Waals surface area contributed by atoms with Crippen molar-refractivity contribution in [2.75, 3.05) is 11.4 Å². The first-order chi connectivity index (χ1) is 22.6. The Morgan fingerprint density at radius 3 is 2.12 bits per heavy atom. The summed E-state index contributed by atoms with van der Waals surface area (Å²) in [7, 11) is 0. The van der Waals surface area contributed by atoms with E-state index < -0.39 is 72.8 Å². The van der Waals surface area contributed by atoms with Crippen LogP contribution in [0.25, 0.3) is 0 Å². The van der Waals surface area contributed by atoms with Crippen molar-refractivity contribution < 1.29 is 68.5 Å². The Labute approximate surface area is 275 Å². The Morgan fingerprint density at radius 1 is 0.980 bits per heavy atom. The highest BCUT2D eigenvalue weighted by Gasteiger charge is 2.43. The Balaban J connectivity index is 0.00000154. The summed E-state index contributed by atoms with van der Waals surface area (Å²) in [6.45, 7) is 3.86. The van der Waals surface area contributed by atoms with Crippen molar-refractivity contribution in [3.8, 4) is 5.75 Å². The quantitative estimate of drug-likeness (QED) is 0.275. The predicted molar refractivity (Wildman–Crippen MR) is 156 cm³/mol. The maximum absolute atomic E-state index is 13.6. The van der Waals surface area contributed by atoms with Gasteiger partial charge in [0.25, 0.3) is 5.97 Å². The van der Waals surface area contributed by atoms with Crippen molar-refractivity contribution in [2.24, 2.45) is 5.92 Å². The number of hydrogen-bond acceptors (Lipinski definition) is 5. The summed E-state index contributed by atoms with van der Waals surface area (Å²) < 4.78 is 129. The molecule has 272 valence electrons. The first-order valence-electron chi connectivity index (χ1n) is 15.2. The van der Waals surface area contributed by atoms with E-state index in [2.05, 4.69) is 4.74 Å². The molecule has 1 saturated carbocycles. The Morgan fingerprint density at radius 2 is 1.59 bits per heavy atom. The number of carboxylic acids is 1. The van der Waals surface area contributed by atoms with Gasteiger partial charge in [0.05, 0.1) is 24.6 Å². The number of rotatable bonds is 8. The Kier molecular flexibility index (Phi) is 12.5. The second-order valence-corrected chi connectivity index (χ2v) is 11.7. The number of anilines is 1. The first kappa shape index (κ1) is 39.3. The van der Waals surface area contributed by atoms with E-state index >= 15 is 0 Å². The molecule has 4 rings (SSSR count). The molecule has 0 spiro atoms. The normalized spacial score (nSPS) is 18.8. The fraction of sp³-hybridized carbons (Fsp3) is 0.531. The SMILES string of the molecule is CC(=O)O.CCN(C(=O)C1CCCCC1)c1ccc(OC(F)(F)F)cc1CN1C(=O)OC(c2cc(CC(F)(F)F)cc(C(F)(F)F)c2)C1C. The van der Waals surface area contributed by atoms with Gasteiger partial charge in [-0.05, 0) is 73.7 Å². The molecule has 2 fully saturated rings. The van der Waals surface area contributed by atoms with Crippen LogP contribution in [0.4, 0.5) is 50.0 Å². The zero-order valence-electron chi connectivity index (χ0n) is 26.6. The van der Waals surface area contributed by atoms with Crippen LogP contribution in [0.2, 0.25) is 0 Å². The van der Waals surface area contributed by atoms with Crippen LogP contribution in [0.15, 0.2) is 36.4 Å². The topological polar surface area (TPSA) is 96.4 Å². The summed E-state index contributed by atoms with van der Waals surface area (Å²) in [5, 5.41) is 7.42. The van der Waals surface area contributed by atoms with Gasteiger partial charge in [0.1, 0.15) is 11.9 Å². The highest BCUT2D eigenvalue weighted by Crippen LogP contribution is 2.40. The first-order valence-corrected chi connectivity index (χ1v) is 15.2. The van der Waals surface area contributed by atoms with Gasteiger partial charge in [0.15, 0.2) is 0 Å². The number of halogens is 9. The van der Waals surface area contributed by atoms with Crippen LogP contribution in [-0.4, -0.2) is 53.1 Å². The number of ether oxygens (including phenoxy) is 2. The Hall–Kier alpha value is -4.18. The van der Waals surface area contributed by atoms with E-state index in [0.29, 0.717) is 25.0 Å². The molecular weight excluding hydrogens is 679 g/mol. The standard InChI is InChI=1S/C30H31F9N2O4.C2H4O2/c1-3-40(26(42)19-7-5-4-6-8-19)24-10-9-23(45-30(37,38)39)14-21(24)16-41-17(2)25(44-27(41)43)20-11-18(15-28(31,32)33)12-22(13-20)29(34,35)36;1-2(3)4/h9-14,17,19,25H,3-8,15-16H2,1-2H3;1H3,(H,3,4). The largest absolute Gasteiger partial charge is 0.573 e. The fourth-order valence-electron chi connectivity index (χ4n) is 5.89. The number of aliphatic carboxylic acids is 1. The molecule has 49 heavy (non-hydrogen) atoms. The number of carbonyl (C=O) groups excluding carboxylic acids is 2. The molecule has 2 aromatic rings. The minimum absolute atomic E-state index is 0.0639. The molecule has 0 radical (unpaired) electrons. The number of cyclic esters (lactones) is 1. The Bertz CT molecular complexity index is 1480. The smallest absolute Gasteiger partial charge is 0.481 e. The number of nitrogens with zero attached hydrogens (tertiary/aromatic N) is 2. The van der Waals surface area contributed by atoms with Crippen molar-refractivity contribution in [1.29, 1.82) is 0 Å². The van der Waals surface area contributed by atoms with Crippen molar-refractivity contribution in [3.05, 3.63) is 58.7 Å². The summed E-state index contributed by atoms with van der Waals surface area (Å²) >= 11 is 0. The number of amides is 2. The van der Waals surface area contributed by atoms with E-state index in [4.69, 9.17) is 14.6 Å². The van der Waals surface area contributed by atoms with Crippen LogP contribution in [0.5, 0.6) is 5.75 Å². The van der Waals surface area contributed by atoms with Gasteiger partial charge >= 0.3 is 24.8 Å². The highest BCUT2D eigenvalue weighted by molar-refractivity contribution is 5.96. The van der Waals surface area contributed by atoms with Gasteiger partial charge in [-0.25, -0.2) is 4.79 Å². The molecule has 1 N–H and O–H groups in total. The lowest BCUT2D eigenvalue weighted by molar-refractivity contribution is -0.274. The van der Waals surface area contributed by atoms with Crippen molar-refractivity contribution in [3.63, 3.8) is 0 Å². The summed E-state index contributed by atoms with van der Waals surface area (Å²) in [6, 6.07) is 4.09. The maximum Gasteiger partial charge on any atom is 0.573 e. The third-order valence-electron chi connectivity index (χ3n) is 7.92. The van der Waals surface area contributed by atoms with Crippen LogP contribution in [0, 0.1) is 5.92 Å². The number of carbonyl (C=O) groups is 3. The lowest BCUT2D eigenvalue weighted by atomic mass is 9.88. The van der Waals surface area contributed by atoms with E-state index in [-0.39, 0.29) is 35.2 Å². The van der Waals surface area contributed by atoms with Crippen LogP contribution in [0.3, 0.4) is 0 Å². The average Bonchev–Trinajstić information content (AvgIpc) is 3.24. The molecule has 1 aliphatic carbocycles. The molecule has 0 bridgehead atoms. The fourth-order valence-corrected chi connectivity index (χ4v) is 5.89. The molecule has 2 amide bonds. The average molecular weight is 715 g/mol. The minimum Gasteiger partial charge on any atom is -0.481 e. The molecule has 17 heteroatoms. The zero-order chi connectivity index (χ0) is 36.9. The molecule has 2 unspecified atom stereocenters. The van der Waals surface area contributed by atoms with Crippen LogP contribution in [-0.2, 0) is 33.5 Å². The van der Waals surface area contributed by atoms with Crippen LogP contribution >= 0.6 is 0 Å². The number of alkyl halides is 9. The molecule has 2 atom stereocenters. The van der Waals surface area contributed by atoms with Crippen molar-refractivity contribution in [1.82, 2.24) is 4.90 Å². The van der Waals surface area contributed by atoms with Gasteiger partial charge in [-0.2, -0.15) is 26.3 Å². The molecule has 8 nitrogen and oxygen atoms in total. The van der Waals surface area contributed by atoms with Crippen molar-refractivity contribution >= 4 is 23.7 Å².